The fourth-order valence-corrected chi connectivity index (χ4v) is 2.36. The normalized spacial score (nSPS) is 32.9. The molecule has 1 fully saturated rings. The molecule has 9 nitrogen and oxygen atoms in total. The van der Waals surface area contributed by atoms with Gasteiger partial charge in [-0.3, -0.25) is 4.79 Å². The smallest absolute Gasteiger partial charge is 0.253 e. The van der Waals surface area contributed by atoms with Crippen molar-refractivity contribution in [2.75, 3.05) is 18.2 Å². The van der Waals surface area contributed by atoms with Crippen LogP contribution in [0.3, 0.4) is 0 Å². The number of nitrogens with zero attached hydrogens (tertiary/aromatic N) is 1. The fraction of sp³-hybridized carbons (Fsp3) is 0.636. The average molecular weight is 319 g/mol. The topological polar surface area (TPSA) is 148 Å². The summed E-state index contributed by atoms with van der Waals surface area (Å²) in [4.78, 5) is 18.0. The number of ether oxygens (including phenoxy) is 1. The summed E-state index contributed by atoms with van der Waals surface area (Å²) in [5.74, 6) is 0.146. The maximum Gasteiger partial charge on any atom is 0.253 e. The first-order chi connectivity index (χ1) is 9.96. The maximum atomic E-state index is 11.4. The molecule has 1 aliphatic rings. The third-order valence-electron chi connectivity index (χ3n) is 3.10. The van der Waals surface area contributed by atoms with Gasteiger partial charge in [0.2, 0.25) is 0 Å². The van der Waals surface area contributed by atoms with Crippen LogP contribution in [-0.4, -0.2) is 73.9 Å². The van der Waals surface area contributed by atoms with Gasteiger partial charge in [-0.05, 0) is 6.26 Å². The Kier molecular flexibility index (Phi) is 5.19. The molecule has 0 amide bonds. The molecule has 1 aromatic rings. The molecule has 2 rings (SSSR count). The molecule has 10 heteroatoms. The van der Waals surface area contributed by atoms with Crippen LogP contribution in [0.5, 0.6) is 0 Å². The molecule has 118 valence electrons. The number of thioether (sulfide) groups is 1. The lowest BCUT2D eigenvalue weighted by atomic mass is 9.98. The van der Waals surface area contributed by atoms with Crippen LogP contribution in [0.2, 0.25) is 0 Å². The van der Waals surface area contributed by atoms with Crippen molar-refractivity contribution in [1.29, 1.82) is 0 Å². The van der Waals surface area contributed by atoms with Crippen molar-refractivity contribution in [2.24, 2.45) is 0 Å². The lowest BCUT2D eigenvalue weighted by Gasteiger charge is -2.40. The predicted octanol–water partition coefficient (Wildman–Crippen LogP) is -2.30. The van der Waals surface area contributed by atoms with Gasteiger partial charge in [-0.25, -0.2) is 4.98 Å². The van der Waals surface area contributed by atoms with Crippen molar-refractivity contribution in [3.63, 3.8) is 0 Å². The average Bonchev–Trinajstić information content (AvgIpc) is 2.47. The molecule has 2 heterocycles. The second-order valence-corrected chi connectivity index (χ2v) is 5.33. The first-order valence-electron chi connectivity index (χ1n) is 6.18. The number of rotatable bonds is 4. The monoisotopic (exact) mass is 319 g/mol. The third-order valence-corrected chi connectivity index (χ3v) is 3.68. The number of aromatic nitrogens is 2. The van der Waals surface area contributed by atoms with E-state index in [0.29, 0.717) is 5.16 Å². The summed E-state index contributed by atoms with van der Waals surface area (Å²) in [6.07, 6.45) is -4.78. The van der Waals surface area contributed by atoms with E-state index in [4.69, 9.17) is 9.84 Å². The van der Waals surface area contributed by atoms with Gasteiger partial charge in [0, 0.05) is 6.07 Å². The minimum atomic E-state index is -1.49. The van der Waals surface area contributed by atoms with Crippen molar-refractivity contribution in [2.45, 2.75) is 35.8 Å². The second-order valence-electron chi connectivity index (χ2n) is 4.53. The standard InChI is InChI=1S/C11H17N3O6S/c1-21-11-13-5(2-6(16)14-11)12-10-9(19)8(18)7(17)4(3-15)20-10/h2,4,7-10,15,17-19H,3H2,1H3,(H2,12,13,14,16)/t4-,7-,8+,9-,10-/m1/s1. The van der Waals surface area contributed by atoms with E-state index < -0.39 is 37.3 Å². The summed E-state index contributed by atoms with van der Waals surface area (Å²) in [7, 11) is 0. The molecule has 0 radical (unpaired) electrons. The van der Waals surface area contributed by atoms with Crippen molar-refractivity contribution in [3.05, 3.63) is 16.4 Å². The third kappa shape index (κ3) is 3.54. The number of nitrogens with one attached hydrogen (secondary N) is 2. The molecular formula is C11H17N3O6S. The molecule has 1 aliphatic heterocycles. The second kappa shape index (κ2) is 6.73. The minimum absolute atomic E-state index is 0.146. The summed E-state index contributed by atoms with van der Waals surface area (Å²) in [6.45, 7) is -0.526. The largest absolute Gasteiger partial charge is 0.394 e. The van der Waals surface area contributed by atoms with Gasteiger partial charge in [0.05, 0.1) is 6.61 Å². The zero-order valence-corrected chi connectivity index (χ0v) is 11.9. The lowest BCUT2D eigenvalue weighted by Crippen LogP contribution is -2.60. The highest BCUT2D eigenvalue weighted by Crippen LogP contribution is 2.22. The lowest BCUT2D eigenvalue weighted by molar-refractivity contribution is -0.221. The molecule has 0 bridgehead atoms. The van der Waals surface area contributed by atoms with E-state index in [0.717, 1.165) is 0 Å². The predicted molar refractivity (Wildman–Crippen MR) is 74.0 cm³/mol. The number of hydrogen-bond donors (Lipinski definition) is 6. The fourth-order valence-electron chi connectivity index (χ4n) is 1.97. The van der Waals surface area contributed by atoms with E-state index in [1.807, 2.05) is 0 Å². The Morgan fingerprint density at radius 1 is 1.38 bits per heavy atom. The SMILES string of the molecule is CSc1nc(N[C@@H]2O[C@H](CO)[C@@H](O)[C@H](O)[C@H]2O)cc(=O)[nH]1. The van der Waals surface area contributed by atoms with Crippen molar-refractivity contribution in [3.8, 4) is 0 Å². The minimum Gasteiger partial charge on any atom is -0.394 e. The molecule has 0 spiro atoms. The molecule has 21 heavy (non-hydrogen) atoms. The summed E-state index contributed by atoms with van der Waals surface area (Å²) in [6, 6.07) is 1.17. The van der Waals surface area contributed by atoms with Crippen molar-refractivity contribution < 1.29 is 25.2 Å². The molecule has 0 aliphatic carbocycles. The zero-order chi connectivity index (χ0) is 15.6. The van der Waals surface area contributed by atoms with Gasteiger partial charge in [-0.2, -0.15) is 0 Å². The summed E-state index contributed by atoms with van der Waals surface area (Å²) in [5, 5.41) is 41.4. The van der Waals surface area contributed by atoms with Crippen LogP contribution in [0.15, 0.2) is 16.0 Å². The van der Waals surface area contributed by atoms with Crippen molar-refractivity contribution >= 4 is 17.6 Å². The highest BCUT2D eigenvalue weighted by atomic mass is 32.2. The Bertz CT molecular complexity index is 539. The van der Waals surface area contributed by atoms with Gasteiger partial charge in [0.1, 0.15) is 30.2 Å². The first kappa shape index (κ1) is 16.2. The maximum absolute atomic E-state index is 11.4. The molecule has 0 unspecified atom stereocenters. The van der Waals surface area contributed by atoms with Gasteiger partial charge in [-0.1, -0.05) is 11.8 Å². The molecule has 1 saturated heterocycles. The Morgan fingerprint density at radius 3 is 2.71 bits per heavy atom. The van der Waals surface area contributed by atoms with E-state index in [2.05, 4.69) is 15.3 Å². The van der Waals surface area contributed by atoms with Gasteiger partial charge < -0.3 is 35.5 Å². The van der Waals surface area contributed by atoms with Crippen LogP contribution < -0.4 is 10.9 Å². The number of aromatic amines is 1. The summed E-state index contributed by atoms with van der Waals surface area (Å²) >= 11 is 1.23. The highest BCUT2D eigenvalue weighted by Gasteiger charge is 2.43. The number of hydrogen-bond acceptors (Lipinski definition) is 9. The van der Waals surface area contributed by atoms with Gasteiger partial charge in [0.25, 0.3) is 5.56 Å². The van der Waals surface area contributed by atoms with E-state index in [1.54, 1.807) is 6.26 Å². The molecule has 0 saturated carbocycles. The van der Waals surface area contributed by atoms with E-state index in [9.17, 15) is 20.1 Å². The number of aliphatic hydroxyl groups is 4. The zero-order valence-electron chi connectivity index (χ0n) is 11.1. The number of aliphatic hydroxyl groups excluding tert-OH is 4. The Balaban J connectivity index is 2.18. The molecule has 0 aromatic carbocycles. The number of H-pyrrole nitrogens is 1. The van der Waals surface area contributed by atoms with Crippen LogP contribution in [0, 0.1) is 0 Å². The van der Waals surface area contributed by atoms with Gasteiger partial charge in [0.15, 0.2) is 11.4 Å². The van der Waals surface area contributed by atoms with E-state index in [1.165, 1.54) is 17.8 Å². The molecule has 1 aromatic heterocycles. The first-order valence-corrected chi connectivity index (χ1v) is 7.41. The molecule has 5 atom stereocenters. The van der Waals surface area contributed by atoms with Crippen LogP contribution in [0.25, 0.3) is 0 Å². The van der Waals surface area contributed by atoms with Crippen LogP contribution >= 0.6 is 11.8 Å². The van der Waals surface area contributed by atoms with Gasteiger partial charge >= 0.3 is 0 Å². The summed E-state index contributed by atoms with van der Waals surface area (Å²) < 4.78 is 5.27. The van der Waals surface area contributed by atoms with E-state index in [-0.39, 0.29) is 11.4 Å². The van der Waals surface area contributed by atoms with E-state index >= 15 is 0 Å². The number of anilines is 1. The molecule has 6 N–H and O–H groups in total. The Labute approximate surface area is 124 Å². The Morgan fingerprint density at radius 2 is 2.10 bits per heavy atom. The van der Waals surface area contributed by atoms with Gasteiger partial charge in [-0.15, -0.1) is 0 Å². The Hall–Kier alpha value is -1.17. The summed E-state index contributed by atoms with van der Waals surface area (Å²) in [5.41, 5.74) is -0.388. The van der Waals surface area contributed by atoms with Crippen molar-refractivity contribution in [1.82, 2.24) is 9.97 Å². The molecular weight excluding hydrogens is 302 g/mol. The highest BCUT2D eigenvalue weighted by molar-refractivity contribution is 7.98. The quantitative estimate of drug-likeness (QED) is 0.266. The van der Waals surface area contributed by atoms with Crippen LogP contribution in [0.1, 0.15) is 0 Å². The van der Waals surface area contributed by atoms with Crippen LogP contribution in [0.4, 0.5) is 5.82 Å². The van der Waals surface area contributed by atoms with Crippen LogP contribution in [-0.2, 0) is 4.74 Å².